The van der Waals surface area contributed by atoms with Gasteiger partial charge >= 0.3 is 5.97 Å². The van der Waals surface area contributed by atoms with Crippen molar-refractivity contribution in [3.05, 3.63) is 33.8 Å². The summed E-state index contributed by atoms with van der Waals surface area (Å²) in [6.07, 6.45) is -3.72. The van der Waals surface area contributed by atoms with Crippen molar-refractivity contribution in [2.24, 2.45) is 0 Å². The second-order valence-corrected chi connectivity index (χ2v) is 4.81. The minimum atomic E-state index is -2.80. The molecule has 0 aliphatic rings. The van der Waals surface area contributed by atoms with E-state index in [0.29, 0.717) is 4.47 Å². The van der Waals surface area contributed by atoms with Gasteiger partial charge < -0.3 is 10.4 Å². The Morgan fingerprint density at radius 3 is 2.53 bits per heavy atom. The molecule has 0 aliphatic heterocycles. The van der Waals surface area contributed by atoms with Gasteiger partial charge in [-0.05, 0) is 24.6 Å². The SMILES string of the molecule is Cc1ccc(C(=O)NC(CC(F)F)C(=O)O)cc1Br. The molecule has 1 rings (SSSR count). The number of carbonyl (C=O) groups is 2. The second kappa shape index (κ2) is 6.60. The molecule has 0 heterocycles. The van der Waals surface area contributed by atoms with Gasteiger partial charge in [-0.3, -0.25) is 4.79 Å². The second-order valence-electron chi connectivity index (χ2n) is 3.96. The fraction of sp³-hybridized carbons (Fsp3) is 0.333. The van der Waals surface area contributed by atoms with Crippen LogP contribution >= 0.6 is 15.9 Å². The van der Waals surface area contributed by atoms with Crippen LogP contribution in [0.4, 0.5) is 8.78 Å². The summed E-state index contributed by atoms with van der Waals surface area (Å²) in [7, 11) is 0. The van der Waals surface area contributed by atoms with E-state index in [1.807, 2.05) is 6.92 Å². The van der Waals surface area contributed by atoms with Gasteiger partial charge in [-0.1, -0.05) is 22.0 Å². The molecule has 1 atom stereocenters. The first-order valence-corrected chi connectivity index (χ1v) is 6.18. The standard InChI is InChI=1S/C12H12BrF2NO3/c1-6-2-3-7(4-8(6)13)11(17)16-9(12(18)19)5-10(14)15/h2-4,9-10H,5H2,1H3,(H,16,17)(H,18,19). The number of nitrogens with one attached hydrogen (secondary N) is 1. The van der Waals surface area contributed by atoms with Crippen LogP contribution in [0.5, 0.6) is 0 Å². The van der Waals surface area contributed by atoms with Crippen molar-refractivity contribution >= 4 is 27.8 Å². The summed E-state index contributed by atoms with van der Waals surface area (Å²) in [6.45, 7) is 1.82. The number of hydrogen-bond donors (Lipinski definition) is 2. The van der Waals surface area contributed by atoms with E-state index >= 15 is 0 Å². The highest BCUT2D eigenvalue weighted by Crippen LogP contribution is 2.17. The van der Waals surface area contributed by atoms with E-state index in [4.69, 9.17) is 5.11 Å². The number of amides is 1. The Balaban J connectivity index is 2.81. The number of halogens is 3. The smallest absolute Gasteiger partial charge is 0.326 e. The van der Waals surface area contributed by atoms with E-state index in [1.165, 1.54) is 12.1 Å². The van der Waals surface area contributed by atoms with Crippen LogP contribution in [0.1, 0.15) is 22.3 Å². The summed E-state index contributed by atoms with van der Waals surface area (Å²) in [6, 6.07) is 3.07. The maximum absolute atomic E-state index is 12.2. The van der Waals surface area contributed by atoms with Crippen LogP contribution < -0.4 is 5.32 Å². The third-order valence-corrected chi connectivity index (χ3v) is 3.31. The highest BCUT2D eigenvalue weighted by Gasteiger charge is 2.24. The molecule has 1 aromatic carbocycles. The number of alkyl halides is 2. The lowest BCUT2D eigenvalue weighted by Gasteiger charge is -2.14. The summed E-state index contributed by atoms with van der Waals surface area (Å²) < 4.78 is 25.1. The number of carboxylic acids is 1. The van der Waals surface area contributed by atoms with Crippen LogP contribution in [0.3, 0.4) is 0 Å². The minimum Gasteiger partial charge on any atom is -0.480 e. The van der Waals surface area contributed by atoms with Crippen molar-refractivity contribution in [1.29, 1.82) is 0 Å². The molecule has 104 valence electrons. The van der Waals surface area contributed by atoms with Gasteiger partial charge in [-0.2, -0.15) is 0 Å². The van der Waals surface area contributed by atoms with Crippen LogP contribution in [-0.4, -0.2) is 29.5 Å². The molecule has 1 unspecified atom stereocenters. The van der Waals surface area contributed by atoms with Gasteiger partial charge in [0.2, 0.25) is 6.43 Å². The summed E-state index contributed by atoms with van der Waals surface area (Å²) in [5.74, 6) is -2.19. The van der Waals surface area contributed by atoms with Crippen molar-refractivity contribution < 1.29 is 23.5 Å². The fourth-order valence-electron chi connectivity index (χ4n) is 1.38. The first-order valence-electron chi connectivity index (χ1n) is 5.39. The van der Waals surface area contributed by atoms with E-state index in [2.05, 4.69) is 21.2 Å². The van der Waals surface area contributed by atoms with Crippen LogP contribution in [0.25, 0.3) is 0 Å². The number of carbonyl (C=O) groups excluding carboxylic acids is 1. The minimum absolute atomic E-state index is 0.206. The topological polar surface area (TPSA) is 66.4 Å². The van der Waals surface area contributed by atoms with E-state index in [9.17, 15) is 18.4 Å². The Kier molecular flexibility index (Phi) is 5.41. The Hall–Kier alpha value is -1.50. The lowest BCUT2D eigenvalue weighted by molar-refractivity contribution is -0.140. The number of carboxylic acid groups (broad SMARTS) is 1. The Labute approximate surface area is 116 Å². The molecule has 19 heavy (non-hydrogen) atoms. The van der Waals surface area contributed by atoms with Crippen molar-refractivity contribution in [3.63, 3.8) is 0 Å². The van der Waals surface area contributed by atoms with Crippen molar-refractivity contribution in [1.82, 2.24) is 5.32 Å². The van der Waals surface area contributed by atoms with Crippen LogP contribution in [-0.2, 0) is 4.79 Å². The van der Waals surface area contributed by atoms with Gasteiger partial charge in [0.15, 0.2) is 0 Å². The van der Waals surface area contributed by atoms with E-state index in [-0.39, 0.29) is 5.56 Å². The van der Waals surface area contributed by atoms with Gasteiger partial charge in [-0.25, -0.2) is 13.6 Å². The van der Waals surface area contributed by atoms with Crippen LogP contribution in [0, 0.1) is 6.92 Å². The molecule has 0 aliphatic carbocycles. The summed E-state index contributed by atoms with van der Waals surface area (Å²) >= 11 is 3.23. The van der Waals surface area contributed by atoms with Crippen molar-refractivity contribution in [3.8, 4) is 0 Å². The van der Waals surface area contributed by atoms with Crippen molar-refractivity contribution in [2.45, 2.75) is 25.8 Å². The van der Waals surface area contributed by atoms with Gasteiger partial charge in [0.1, 0.15) is 6.04 Å². The molecular formula is C12H12BrF2NO3. The zero-order valence-corrected chi connectivity index (χ0v) is 11.6. The third-order valence-electron chi connectivity index (χ3n) is 2.45. The molecule has 0 spiro atoms. The first-order chi connectivity index (χ1) is 8.81. The number of aliphatic carboxylic acids is 1. The largest absolute Gasteiger partial charge is 0.480 e. The Morgan fingerprint density at radius 1 is 1.42 bits per heavy atom. The molecular weight excluding hydrogens is 324 g/mol. The number of benzene rings is 1. The van der Waals surface area contributed by atoms with Gasteiger partial charge in [0, 0.05) is 16.5 Å². The summed E-state index contributed by atoms with van der Waals surface area (Å²) in [5, 5.41) is 10.8. The monoisotopic (exact) mass is 335 g/mol. The van der Waals surface area contributed by atoms with Crippen LogP contribution in [0.2, 0.25) is 0 Å². The maximum atomic E-state index is 12.2. The highest BCUT2D eigenvalue weighted by atomic mass is 79.9. The molecule has 0 radical (unpaired) electrons. The number of hydrogen-bond acceptors (Lipinski definition) is 2. The molecule has 0 bridgehead atoms. The highest BCUT2D eigenvalue weighted by molar-refractivity contribution is 9.10. The quantitative estimate of drug-likeness (QED) is 0.869. The van der Waals surface area contributed by atoms with Gasteiger partial charge in [-0.15, -0.1) is 0 Å². The Morgan fingerprint density at radius 2 is 2.05 bits per heavy atom. The van der Waals surface area contributed by atoms with Gasteiger partial charge in [0.05, 0.1) is 0 Å². The molecule has 7 heteroatoms. The molecule has 0 saturated carbocycles. The Bertz CT molecular complexity index is 494. The van der Waals surface area contributed by atoms with E-state index in [1.54, 1.807) is 6.07 Å². The molecule has 2 N–H and O–H groups in total. The molecule has 4 nitrogen and oxygen atoms in total. The molecule has 0 aromatic heterocycles. The van der Waals surface area contributed by atoms with Crippen LogP contribution in [0.15, 0.2) is 22.7 Å². The van der Waals surface area contributed by atoms with Crippen molar-refractivity contribution in [2.75, 3.05) is 0 Å². The summed E-state index contributed by atoms with van der Waals surface area (Å²) in [5.41, 5.74) is 1.11. The van der Waals surface area contributed by atoms with Gasteiger partial charge in [0.25, 0.3) is 5.91 Å². The van der Waals surface area contributed by atoms with E-state index < -0.39 is 30.8 Å². The predicted molar refractivity (Wildman–Crippen MR) is 68.4 cm³/mol. The molecule has 0 saturated heterocycles. The first kappa shape index (κ1) is 15.6. The predicted octanol–water partition coefficient (Wildman–Crippen LogP) is 2.60. The molecule has 1 aromatic rings. The third kappa shape index (κ3) is 4.59. The zero-order valence-electron chi connectivity index (χ0n) is 9.99. The lowest BCUT2D eigenvalue weighted by Crippen LogP contribution is -2.42. The molecule has 1 amide bonds. The number of aryl methyl sites for hydroxylation is 1. The fourth-order valence-corrected chi connectivity index (χ4v) is 1.75. The maximum Gasteiger partial charge on any atom is 0.326 e. The normalized spacial score (nSPS) is 12.3. The number of rotatable bonds is 5. The molecule has 0 fully saturated rings. The summed E-state index contributed by atoms with van der Waals surface area (Å²) in [4.78, 5) is 22.5. The zero-order chi connectivity index (χ0) is 14.6. The lowest BCUT2D eigenvalue weighted by atomic mass is 10.1. The average Bonchev–Trinajstić information content (AvgIpc) is 2.31. The average molecular weight is 336 g/mol. The van der Waals surface area contributed by atoms with E-state index in [0.717, 1.165) is 5.56 Å².